The molecular formula is C21H23F3N2O4S. The molecule has 0 saturated carbocycles. The Hall–Kier alpha value is -2.72. The monoisotopic (exact) mass is 456 g/mol. The number of halogens is 3. The van der Waals surface area contributed by atoms with Gasteiger partial charge in [-0.15, -0.1) is 13.2 Å². The van der Waals surface area contributed by atoms with E-state index in [1.54, 1.807) is 32.9 Å². The second kappa shape index (κ2) is 8.43. The second-order valence-electron chi connectivity index (χ2n) is 7.22. The Morgan fingerprint density at radius 3 is 2.42 bits per heavy atom. The highest BCUT2D eigenvalue weighted by molar-refractivity contribution is 7.89. The van der Waals surface area contributed by atoms with Gasteiger partial charge in [0.15, 0.2) is 0 Å². The number of aryl methyl sites for hydroxylation is 3. The maximum Gasteiger partial charge on any atom is 0.573 e. The van der Waals surface area contributed by atoms with E-state index in [0.29, 0.717) is 33.3 Å². The maximum absolute atomic E-state index is 12.8. The Morgan fingerprint density at radius 1 is 1.06 bits per heavy atom. The number of methoxy groups -OCH3 is 1. The first-order valence-electron chi connectivity index (χ1n) is 9.43. The summed E-state index contributed by atoms with van der Waals surface area (Å²) in [7, 11) is -2.26. The molecule has 31 heavy (non-hydrogen) atoms. The normalized spacial score (nSPS) is 12.4. The fourth-order valence-corrected chi connectivity index (χ4v) is 4.88. The molecule has 0 unspecified atom stereocenters. The lowest BCUT2D eigenvalue weighted by molar-refractivity contribution is -0.274. The molecule has 0 bridgehead atoms. The third kappa shape index (κ3) is 5.13. The summed E-state index contributed by atoms with van der Waals surface area (Å²) in [4.78, 5) is 3.25. The minimum absolute atomic E-state index is 0.0744. The van der Waals surface area contributed by atoms with Gasteiger partial charge in [0.25, 0.3) is 0 Å². The molecule has 0 aliphatic rings. The van der Waals surface area contributed by atoms with E-state index in [-0.39, 0.29) is 23.6 Å². The topological polar surface area (TPSA) is 80.4 Å². The summed E-state index contributed by atoms with van der Waals surface area (Å²) in [5, 5.41) is 0.551. The number of sulfonamides is 1. The van der Waals surface area contributed by atoms with Crippen molar-refractivity contribution in [2.24, 2.45) is 0 Å². The first-order chi connectivity index (χ1) is 14.4. The minimum Gasteiger partial charge on any atom is -0.496 e. The van der Waals surface area contributed by atoms with E-state index in [1.807, 2.05) is 0 Å². The molecule has 0 radical (unpaired) electrons. The van der Waals surface area contributed by atoms with Crippen molar-refractivity contribution in [1.82, 2.24) is 9.71 Å². The summed E-state index contributed by atoms with van der Waals surface area (Å²) in [6.45, 7) is 5.30. The van der Waals surface area contributed by atoms with Gasteiger partial charge in [-0.2, -0.15) is 0 Å². The van der Waals surface area contributed by atoms with Crippen molar-refractivity contribution in [3.63, 3.8) is 0 Å². The Morgan fingerprint density at radius 2 is 1.77 bits per heavy atom. The number of hydrogen-bond acceptors (Lipinski definition) is 4. The fourth-order valence-electron chi connectivity index (χ4n) is 3.54. The molecule has 168 valence electrons. The fraction of sp³-hybridized carbons (Fsp3) is 0.333. The van der Waals surface area contributed by atoms with Crippen molar-refractivity contribution < 1.29 is 31.1 Å². The third-order valence-corrected chi connectivity index (χ3v) is 6.58. The van der Waals surface area contributed by atoms with Crippen LogP contribution in [0.4, 0.5) is 13.2 Å². The number of aromatic amines is 1. The molecule has 6 nitrogen and oxygen atoms in total. The molecule has 0 aliphatic carbocycles. The summed E-state index contributed by atoms with van der Waals surface area (Å²) in [5.41, 5.74) is 3.35. The molecule has 0 aliphatic heterocycles. The van der Waals surface area contributed by atoms with Crippen LogP contribution < -0.4 is 14.2 Å². The van der Waals surface area contributed by atoms with E-state index in [1.165, 1.54) is 25.3 Å². The molecule has 0 amide bonds. The van der Waals surface area contributed by atoms with Crippen molar-refractivity contribution >= 4 is 20.9 Å². The van der Waals surface area contributed by atoms with Crippen LogP contribution in [0.2, 0.25) is 0 Å². The summed E-state index contributed by atoms with van der Waals surface area (Å²) in [6.07, 6.45) is -4.50. The molecule has 10 heteroatoms. The molecule has 0 saturated heterocycles. The highest BCUT2D eigenvalue weighted by Crippen LogP contribution is 2.30. The Labute approximate surface area is 178 Å². The van der Waals surface area contributed by atoms with Gasteiger partial charge in [-0.05, 0) is 74.2 Å². The summed E-state index contributed by atoms with van der Waals surface area (Å²) >= 11 is 0. The zero-order valence-electron chi connectivity index (χ0n) is 17.5. The standard InChI is InChI=1S/C21H23F3N2O4S/c1-12-10-20(13(2)9-19(12)29-4)31(27,28)25-8-7-16-14(3)26-18-6-5-15(11-17(16)18)30-21(22,23)24/h5-6,9-11,25-26H,7-8H2,1-4H3. The van der Waals surface area contributed by atoms with Crippen LogP contribution in [0, 0.1) is 20.8 Å². The van der Waals surface area contributed by atoms with E-state index in [2.05, 4.69) is 14.4 Å². The maximum atomic E-state index is 12.8. The van der Waals surface area contributed by atoms with Crippen LogP contribution >= 0.6 is 0 Å². The van der Waals surface area contributed by atoms with Crippen molar-refractivity contribution in [3.05, 3.63) is 52.7 Å². The zero-order valence-corrected chi connectivity index (χ0v) is 18.3. The van der Waals surface area contributed by atoms with Crippen molar-refractivity contribution in [2.45, 2.75) is 38.4 Å². The number of H-pyrrole nitrogens is 1. The van der Waals surface area contributed by atoms with Crippen LogP contribution in [0.25, 0.3) is 10.9 Å². The lowest BCUT2D eigenvalue weighted by Gasteiger charge is -2.13. The van der Waals surface area contributed by atoms with Crippen LogP contribution in [0.3, 0.4) is 0 Å². The second-order valence-corrected chi connectivity index (χ2v) is 8.95. The molecular weight excluding hydrogens is 433 g/mol. The number of aromatic nitrogens is 1. The van der Waals surface area contributed by atoms with Crippen molar-refractivity contribution in [2.75, 3.05) is 13.7 Å². The number of ether oxygens (including phenoxy) is 2. The van der Waals surface area contributed by atoms with E-state index in [9.17, 15) is 21.6 Å². The van der Waals surface area contributed by atoms with Crippen LogP contribution in [-0.2, 0) is 16.4 Å². The van der Waals surface area contributed by atoms with Crippen LogP contribution in [0.1, 0.15) is 22.4 Å². The summed E-state index contributed by atoms with van der Waals surface area (Å²) < 4.78 is 75.0. The quantitative estimate of drug-likeness (QED) is 0.548. The van der Waals surface area contributed by atoms with Gasteiger partial charge in [-0.25, -0.2) is 13.1 Å². The molecule has 0 atom stereocenters. The molecule has 2 aromatic carbocycles. The van der Waals surface area contributed by atoms with Gasteiger partial charge >= 0.3 is 6.36 Å². The first kappa shape index (κ1) is 23.0. The predicted octanol–water partition coefficient (Wildman–Crippen LogP) is 4.52. The lowest BCUT2D eigenvalue weighted by Crippen LogP contribution is -2.27. The number of benzene rings is 2. The molecule has 3 rings (SSSR count). The number of fused-ring (bicyclic) bond motifs is 1. The van der Waals surface area contributed by atoms with Crippen molar-refractivity contribution in [3.8, 4) is 11.5 Å². The Bertz CT molecular complexity index is 1220. The van der Waals surface area contributed by atoms with Crippen LogP contribution in [0.5, 0.6) is 11.5 Å². The van der Waals surface area contributed by atoms with E-state index < -0.39 is 16.4 Å². The average molecular weight is 456 g/mol. The smallest absolute Gasteiger partial charge is 0.496 e. The highest BCUT2D eigenvalue weighted by Gasteiger charge is 2.31. The van der Waals surface area contributed by atoms with E-state index in [4.69, 9.17) is 4.74 Å². The zero-order chi connectivity index (χ0) is 23.0. The molecule has 1 aromatic heterocycles. The lowest BCUT2D eigenvalue weighted by atomic mass is 10.1. The molecule has 3 aromatic rings. The number of nitrogens with one attached hydrogen (secondary N) is 2. The largest absolute Gasteiger partial charge is 0.573 e. The van der Waals surface area contributed by atoms with Crippen LogP contribution in [0.15, 0.2) is 35.2 Å². The minimum atomic E-state index is -4.79. The Balaban J connectivity index is 1.80. The van der Waals surface area contributed by atoms with Gasteiger partial charge in [-0.3, -0.25) is 0 Å². The highest BCUT2D eigenvalue weighted by atomic mass is 32.2. The Kier molecular flexibility index (Phi) is 6.24. The van der Waals surface area contributed by atoms with Gasteiger partial charge in [0.05, 0.1) is 12.0 Å². The van der Waals surface area contributed by atoms with E-state index in [0.717, 1.165) is 5.69 Å². The van der Waals surface area contributed by atoms with Gasteiger partial charge in [0, 0.05) is 23.1 Å². The van der Waals surface area contributed by atoms with Gasteiger partial charge < -0.3 is 14.5 Å². The van der Waals surface area contributed by atoms with Gasteiger partial charge in [0.1, 0.15) is 11.5 Å². The third-order valence-electron chi connectivity index (χ3n) is 4.97. The number of hydrogen-bond donors (Lipinski definition) is 2. The first-order valence-corrected chi connectivity index (χ1v) is 10.9. The van der Waals surface area contributed by atoms with E-state index >= 15 is 0 Å². The van der Waals surface area contributed by atoms with Gasteiger partial charge in [0.2, 0.25) is 10.0 Å². The molecule has 2 N–H and O–H groups in total. The molecule has 0 fully saturated rings. The molecule has 1 heterocycles. The van der Waals surface area contributed by atoms with Crippen LogP contribution in [-0.4, -0.2) is 33.4 Å². The molecule has 0 spiro atoms. The summed E-state index contributed by atoms with van der Waals surface area (Å²) in [5.74, 6) is 0.271. The van der Waals surface area contributed by atoms with Crippen molar-refractivity contribution in [1.29, 1.82) is 0 Å². The average Bonchev–Trinajstić information content (AvgIpc) is 2.96. The van der Waals surface area contributed by atoms with Gasteiger partial charge in [-0.1, -0.05) is 0 Å². The summed E-state index contributed by atoms with van der Waals surface area (Å²) in [6, 6.07) is 7.24. The number of rotatable bonds is 7. The predicted molar refractivity (Wildman–Crippen MR) is 111 cm³/mol. The SMILES string of the molecule is COc1cc(C)c(S(=O)(=O)NCCc2c(C)[nH]c3ccc(OC(F)(F)F)cc23)cc1C. The number of alkyl halides is 3.